The van der Waals surface area contributed by atoms with E-state index >= 15 is 0 Å². The number of hydrogen-bond acceptors (Lipinski definition) is 3. The normalized spacial score (nSPS) is 19.8. The summed E-state index contributed by atoms with van der Waals surface area (Å²) >= 11 is 0. The highest BCUT2D eigenvalue weighted by atomic mass is 16.1. The molecular formula is C11H24N2O. The summed E-state index contributed by atoms with van der Waals surface area (Å²) in [6.45, 7) is 10.6. The van der Waals surface area contributed by atoms with Crippen molar-refractivity contribution in [2.24, 2.45) is 5.41 Å². The molecule has 0 aromatic heterocycles. The van der Waals surface area contributed by atoms with Gasteiger partial charge in [0.15, 0.2) is 0 Å². The summed E-state index contributed by atoms with van der Waals surface area (Å²) in [5.41, 5.74) is -0.139. The van der Waals surface area contributed by atoms with Gasteiger partial charge in [0, 0.05) is 31.6 Å². The van der Waals surface area contributed by atoms with Gasteiger partial charge in [-0.2, -0.15) is 0 Å². The van der Waals surface area contributed by atoms with Gasteiger partial charge < -0.3 is 14.6 Å². The number of likely N-dealkylation sites (N-methyl/N-ethyl adjacent to an activating group) is 2. The van der Waals surface area contributed by atoms with Gasteiger partial charge in [0.2, 0.25) is 0 Å². The lowest BCUT2D eigenvalue weighted by molar-refractivity contribution is -0.113. The van der Waals surface area contributed by atoms with Gasteiger partial charge in [0.1, 0.15) is 6.29 Å². The highest BCUT2D eigenvalue weighted by Crippen LogP contribution is 2.05. The zero-order chi connectivity index (χ0) is 11.2. The molecule has 1 saturated heterocycles. The molecule has 0 saturated carbocycles. The molecule has 0 aliphatic carbocycles. The van der Waals surface area contributed by atoms with Gasteiger partial charge in [-0.3, -0.25) is 0 Å². The summed E-state index contributed by atoms with van der Waals surface area (Å²) in [7, 11) is 4.35. The van der Waals surface area contributed by atoms with E-state index in [0.29, 0.717) is 0 Å². The van der Waals surface area contributed by atoms with Crippen LogP contribution < -0.4 is 0 Å². The number of aldehydes is 1. The summed E-state index contributed by atoms with van der Waals surface area (Å²) in [5.74, 6) is 0. The minimum atomic E-state index is -0.139. The third-order valence-corrected chi connectivity index (χ3v) is 2.08. The maximum absolute atomic E-state index is 9.83. The zero-order valence-corrected chi connectivity index (χ0v) is 10.2. The molecular weight excluding hydrogens is 176 g/mol. The molecule has 0 aromatic rings. The van der Waals surface area contributed by atoms with E-state index in [1.807, 2.05) is 20.8 Å². The van der Waals surface area contributed by atoms with Crippen LogP contribution in [0.2, 0.25) is 0 Å². The summed E-state index contributed by atoms with van der Waals surface area (Å²) in [4.78, 5) is 14.5. The molecule has 0 aromatic carbocycles. The molecule has 0 N–H and O–H groups in total. The molecule has 14 heavy (non-hydrogen) atoms. The Morgan fingerprint density at radius 2 is 1.14 bits per heavy atom. The molecule has 0 radical (unpaired) electrons. The SMILES string of the molecule is CC(C)(C)C=O.CN1CCN(C)CC1. The Hall–Kier alpha value is -0.410. The number of carbonyl (C=O) groups is 1. The first-order chi connectivity index (χ1) is 6.35. The minimum Gasteiger partial charge on any atom is -0.304 e. The lowest BCUT2D eigenvalue weighted by Crippen LogP contribution is -2.42. The van der Waals surface area contributed by atoms with Crippen LogP contribution in [0.5, 0.6) is 0 Å². The van der Waals surface area contributed by atoms with Crippen LogP contribution in [-0.2, 0) is 4.79 Å². The summed E-state index contributed by atoms with van der Waals surface area (Å²) in [5, 5.41) is 0. The Morgan fingerprint density at radius 3 is 1.29 bits per heavy atom. The van der Waals surface area contributed by atoms with Crippen LogP contribution in [0, 0.1) is 5.41 Å². The van der Waals surface area contributed by atoms with Gasteiger partial charge in [-0.05, 0) is 14.1 Å². The van der Waals surface area contributed by atoms with Crippen molar-refractivity contribution in [2.75, 3.05) is 40.3 Å². The van der Waals surface area contributed by atoms with Gasteiger partial charge >= 0.3 is 0 Å². The number of hydrogen-bond donors (Lipinski definition) is 0. The number of carbonyl (C=O) groups excluding carboxylic acids is 1. The highest BCUT2D eigenvalue weighted by Gasteiger charge is 2.07. The van der Waals surface area contributed by atoms with Crippen LogP contribution in [0.15, 0.2) is 0 Å². The first-order valence-electron chi connectivity index (χ1n) is 5.18. The highest BCUT2D eigenvalue weighted by molar-refractivity contribution is 5.56. The summed E-state index contributed by atoms with van der Waals surface area (Å²) < 4.78 is 0. The predicted octanol–water partition coefficient (Wildman–Crippen LogP) is 1.09. The third-order valence-electron chi connectivity index (χ3n) is 2.08. The Kier molecular flexibility index (Phi) is 5.96. The van der Waals surface area contributed by atoms with E-state index in [4.69, 9.17) is 0 Å². The average Bonchev–Trinajstić information content (AvgIpc) is 2.10. The fourth-order valence-corrected chi connectivity index (χ4v) is 0.906. The first-order valence-corrected chi connectivity index (χ1v) is 5.18. The van der Waals surface area contributed by atoms with Crippen LogP contribution in [-0.4, -0.2) is 56.4 Å². The Morgan fingerprint density at radius 1 is 0.929 bits per heavy atom. The summed E-state index contributed by atoms with van der Waals surface area (Å²) in [6, 6.07) is 0. The first kappa shape index (κ1) is 13.6. The molecule has 1 fully saturated rings. The zero-order valence-electron chi connectivity index (χ0n) is 10.2. The largest absolute Gasteiger partial charge is 0.304 e. The second kappa shape index (κ2) is 6.14. The molecule has 1 heterocycles. The molecule has 0 bridgehead atoms. The molecule has 0 spiro atoms. The van der Waals surface area contributed by atoms with Crippen LogP contribution in [0.25, 0.3) is 0 Å². The van der Waals surface area contributed by atoms with Gasteiger partial charge in [-0.15, -0.1) is 0 Å². The average molecular weight is 200 g/mol. The van der Waals surface area contributed by atoms with Gasteiger partial charge in [0.25, 0.3) is 0 Å². The van der Waals surface area contributed by atoms with Crippen molar-refractivity contribution < 1.29 is 4.79 Å². The molecule has 0 amide bonds. The monoisotopic (exact) mass is 200 g/mol. The molecule has 84 valence electrons. The van der Waals surface area contributed by atoms with E-state index in [1.165, 1.54) is 26.2 Å². The number of piperazine rings is 1. The van der Waals surface area contributed by atoms with Gasteiger partial charge in [-0.25, -0.2) is 0 Å². The number of nitrogens with zero attached hydrogens (tertiary/aromatic N) is 2. The van der Waals surface area contributed by atoms with Crippen LogP contribution in [0.1, 0.15) is 20.8 Å². The third kappa shape index (κ3) is 8.20. The van der Waals surface area contributed by atoms with E-state index in [2.05, 4.69) is 23.9 Å². The van der Waals surface area contributed by atoms with Crippen molar-refractivity contribution in [1.82, 2.24) is 9.80 Å². The molecule has 1 rings (SSSR count). The van der Waals surface area contributed by atoms with Crippen LogP contribution >= 0.6 is 0 Å². The van der Waals surface area contributed by atoms with Crippen LogP contribution in [0.3, 0.4) is 0 Å². The van der Waals surface area contributed by atoms with E-state index in [9.17, 15) is 4.79 Å². The minimum absolute atomic E-state index is 0.139. The van der Waals surface area contributed by atoms with Crippen LogP contribution in [0.4, 0.5) is 0 Å². The fraction of sp³-hybridized carbons (Fsp3) is 0.909. The quantitative estimate of drug-likeness (QED) is 0.547. The topological polar surface area (TPSA) is 23.6 Å². The Labute approximate surface area is 88.1 Å². The molecule has 0 atom stereocenters. The van der Waals surface area contributed by atoms with E-state index in [0.717, 1.165) is 6.29 Å². The molecule has 1 aliphatic rings. The van der Waals surface area contributed by atoms with Crippen molar-refractivity contribution in [1.29, 1.82) is 0 Å². The number of rotatable bonds is 0. The lowest BCUT2D eigenvalue weighted by atomic mass is 10.0. The maximum atomic E-state index is 9.83. The van der Waals surface area contributed by atoms with Crippen molar-refractivity contribution in [3.8, 4) is 0 Å². The van der Waals surface area contributed by atoms with Crippen molar-refractivity contribution in [2.45, 2.75) is 20.8 Å². The van der Waals surface area contributed by atoms with Gasteiger partial charge in [0.05, 0.1) is 0 Å². The fourth-order valence-electron chi connectivity index (χ4n) is 0.906. The lowest BCUT2D eigenvalue weighted by Gasteiger charge is -2.28. The molecule has 3 heteroatoms. The molecule has 0 unspecified atom stereocenters. The molecule has 1 aliphatic heterocycles. The van der Waals surface area contributed by atoms with E-state index in [1.54, 1.807) is 0 Å². The Bertz CT molecular complexity index is 145. The second-order valence-electron chi connectivity index (χ2n) is 5.09. The van der Waals surface area contributed by atoms with E-state index in [-0.39, 0.29) is 5.41 Å². The van der Waals surface area contributed by atoms with Crippen molar-refractivity contribution in [3.05, 3.63) is 0 Å². The second-order valence-corrected chi connectivity index (χ2v) is 5.09. The molecule has 3 nitrogen and oxygen atoms in total. The standard InChI is InChI=1S/C6H14N2.C5H10O/c1-7-3-5-8(2)6-4-7;1-5(2,3)4-6/h3-6H2,1-2H3;4H,1-3H3. The van der Waals surface area contributed by atoms with Gasteiger partial charge in [-0.1, -0.05) is 20.8 Å². The van der Waals surface area contributed by atoms with E-state index < -0.39 is 0 Å². The smallest absolute Gasteiger partial charge is 0.125 e. The predicted molar refractivity (Wildman–Crippen MR) is 60.5 cm³/mol. The maximum Gasteiger partial charge on any atom is 0.125 e. The van der Waals surface area contributed by atoms with Crippen molar-refractivity contribution in [3.63, 3.8) is 0 Å². The Balaban J connectivity index is 0.000000255. The summed E-state index contributed by atoms with van der Waals surface area (Å²) in [6.07, 6.45) is 0.938. The van der Waals surface area contributed by atoms with Crippen molar-refractivity contribution >= 4 is 6.29 Å².